The molecule has 1 amide bonds. The van der Waals surface area contributed by atoms with Gasteiger partial charge in [0, 0.05) is 57.1 Å². The molecule has 3 rings (SSSR count). The molecular formula is C18H24N4O. The molecule has 1 saturated heterocycles. The lowest BCUT2D eigenvalue weighted by atomic mass is 10.2. The summed E-state index contributed by atoms with van der Waals surface area (Å²) in [4.78, 5) is 21.2. The summed E-state index contributed by atoms with van der Waals surface area (Å²) in [6, 6.07) is 10.1. The van der Waals surface area contributed by atoms with E-state index < -0.39 is 0 Å². The second kappa shape index (κ2) is 7.42. The van der Waals surface area contributed by atoms with Gasteiger partial charge in [-0.25, -0.2) is 4.98 Å². The van der Waals surface area contributed by atoms with Crippen molar-refractivity contribution in [2.45, 2.75) is 19.9 Å². The minimum Gasteiger partial charge on any atom is -0.340 e. The monoisotopic (exact) mass is 312 g/mol. The molecule has 23 heavy (non-hydrogen) atoms. The second-order valence-electron chi connectivity index (χ2n) is 5.88. The fourth-order valence-corrected chi connectivity index (χ4v) is 3.02. The fourth-order valence-electron chi connectivity index (χ4n) is 3.02. The normalized spacial score (nSPS) is 15.8. The van der Waals surface area contributed by atoms with Crippen LogP contribution in [0.15, 0.2) is 42.7 Å². The summed E-state index contributed by atoms with van der Waals surface area (Å²) in [5, 5.41) is 0. The maximum Gasteiger partial charge on any atom is 0.224 e. The smallest absolute Gasteiger partial charge is 0.224 e. The quantitative estimate of drug-likeness (QED) is 0.849. The number of carbonyl (C=O) groups excluding carboxylic acids is 1. The molecule has 0 bridgehead atoms. The minimum atomic E-state index is 0.244. The Morgan fingerprint density at radius 2 is 1.87 bits per heavy atom. The van der Waals surface area contributed by atoms with Crippen LogP contribution in [0.25, 0.3) is 11.4 Å². The van der Waals surface area contributed by atoms with E-state index >= 15 is 0 Å². The molecule has 1 aliphatic heterocycles. The molecule has 0 saturated carbocycles. The van der Waals surface area contributed by atoms with Gasteiger partial charge in [0.2, 0.25) is 5.91 Å². The highest BCUT2D eigenvalue weighted by molar-refractivity contribution is 5.76. The number of hydrogen-bond donors (Lipinski definition) is 0. The summed E-state index contributed by atoms with van der Waals surface area (Å²) in [7, 11) is 0. The minimum absolute atomic E-state index is 0.244. The van der Waals surface area contributed by atoms with Gasteiger partial charge in [-0.05, 0) is 6.54 Å². The number of aryl methyl sites for hydroxylation is 1. The molecule has 2 aromatic rings. The molecule has 1 aliphatic rings. The molecule has 0 spiro atoms. The van der Waals surface area contributed by atoms with Crippen LogP contribution in [0.4, 0.5) is 0 Å². The van der Waals surface area contributed by atoms with Crippen molar-refractivity contribution in [2.24, 2.45) is 0 Å². The summed E-state index contributed by atoms with van der Waals surface area (Å²) in [6.07, 6.45) is 4.28. The van der Waals surface area contributed by atoms with Crippen molar-refractivity contribution in [3.05, 3.63) is 42.7 Å². The van der Waals surface area contributed by atoms with E-state index in [0.29, 0.717) is 13.0 Å². The molecule has 5 heteroatoms. The maximum atomic E-state index is 12.4. The van der Waals surface area contributed by atoms with Gasteiger partial charge in [-0.2, -0.15) is 0 Å². The number of nitrogens with zero attached hydrogens (tertiary/aromatic N) is 4. The van der Waals surface area contributed by atoms with Crippen molar-refractivity contribution in [3.63, 3.8) is 0 Å². The van der Waals surface area contributed by atoms with Crippen molar-refractivity contribution in [2.75, 3.05) is 32.7 Å². The summed E-state index contributed by atoms with van der Waals surface area (Å²) in [5.41, 5.74) is 1.08. The number of rotatable bonds is 5. The van der Waals surface area contributed by atoms with Gasteiger partial charge in [-0.3, -0.25) is 4.79 Å². The predicted octanol–water partition coefficient (Wildman–Crippen LogP) is 2.10. The Morgan fingerprint density at radius 3 is 2.57 bits per heavy atom. The zero-order chi connectivity index (χ0) is 16.1. The van der Waals surface area contributed by atoms with Gasteiger partial charge >= 0.3 is 0 Å². The molecule has 1 aromatic carbocycles. The van der Waals surface area contributed by atoms with E-state index in [1.165, 1.54) is 0 Å². The van der Waals surface area contributed by atoms with Crippen molar-refractivity contribution in [1.82, 2.24) is 19.4 Å². The third kappa shape index (κ3) is 3.79. The number of benzene rings is 1. The average Bonchev–Trinajstić information content (AvgIpc) is 3.09. The maximum absolute atomic E-state index is 12.4. The highest BCUT2D eigenvalue weighted by atomic mass is 16.2. The summed E-state index contributed by atoms with van der Waals surface area (Å²) in [5.74, 6) is 1.17. The Morgan fingerprint density at radius 1 is 1.13 bits per heavy atom. The van der Waals surface area contributed by atoms with Crippen molar-refractivity contribution >= 4 is 5.91 Å². The van der Waals surface area contributed by atoms with Crippen LogP contribution in [0.3, 0.4) is 0 Å². The molecule has 0 aliphatic carbocycles. The first kappa shape index (κ1) is 15.7. The highest BCUT2D eigenvalue weighted by Crippen LogP contribution is 2.17. The van der Waals surface area contributed by atoms with Crippen LogP contribution >= 0.6 is 0 Å². The van der Waals surface area contributed by atoms with Crippen molar-refractivity contribution in [1.29, 1.82) is 0 Å². The fraction of sp³-hybridized carbons (Fsp3) is 0.444. The number of aromatic nitrogens is 2. The first-order valence-corrected chi connectivity index (χ1v) is 8.34. The number of amides is 1. The van der Waals surface area contributed by atoms with E-state index in [-0.39, 0.29) is 5.91 Å². The van der Waals surface area contributed by atoms with E-state index in [1.807, 2.05) is 41.4 Å². The number of likely N-dealkylation sites (N-methyl/N-ethyl adjacent to an activating group) is 1. The van der Waals surface area contributed by atoms with Gasteiger partial charge in [-0.15, -0.1) is 0 Å². The summed E-state index contributed by atoms with van der Waals surface area (Å²) < 4.78 is 2.07. The van der Waals surface area contributed by atoms with Gasteiger partial charge < -0.3 is 14.4 Å². The zero-order valence-electron chi connectivity index (χ0n) is 13.7. The van der Waals surface area contributed by atoms with Gasteiger partial charge in [0.15, 0.2) is 0 Å². The van der Waals surface area contributed by atoms with Crippen LogP contribution in [-0.4, -0.2) is 58.0 Å². The van der Waals surface area contributed by atoms with Crippen molar-refractivity contribution in [3.8, 4) is 11.4 Å². The lowest BCUT2D eigenvalue weighted by Gasteiger charge is -2.34. The lowest BCUT2D eigenvalue weighted by Crippen LogP contribution is -2.48. The predicted molar refractivity (Wildman–Crippen MR) is 91.0 cm³/mol. The Kier molecular flexibility index (Phi) is 5.08. The van der Waals surface area contributed by atoms with Crippen LogP contribution in [-0.2, 0) is 11.3 Å². The Balaban J connectivity index is 1.57. The topological polar surface area (TPSA) is 41.4 Å². The molecule has 1 aromatic heterocycles. The van der Waals surface area contributed by atoms with Crippen molar-refractivity contribution < 1.29 is 4.79 Å². The number of hydrogen-bond acceptors (Lipinski definition) is 3. The summed E-state index contributed by atoms with van der Waals surface area (Å²) >= 11 is 0. The standard InChI is InChI=1S/C18H24N4O/c1-2-20-12-14-21(15-13-20)17(23)8-10-22-11-9-19-18(22)16-6-4-3-5-7-16/h3-7,9,11H,2,8,10,12-15H2,1H3. The number of piperazine rings is 1. The second-order valence-corrected chi connectivity index (χ2v) is 5.88. The zero-order valence-corrected chi connectivity index (χ0v) is 13.7. The van der Waals surface area contributed by atoms with E-state index in [1.54, 1.807) is 6.20 Å². The largest absolute Gasteiger partial charge is 0.340 e. The van der Waals surface area contributed by atoms with E-state index in [0.717, 1.165) is 44.1 Å². The van der Waals surface area contributed by atoms with E-state index in [9.17, 15) is 4.79 Å². The molecular weight excluding hydrogens is 288 g/mol. The van der Waals surface area contributed by atoms with E-state index in [4.69, 9.17) is 0 Å². The molecule has 1 fully saturated rings. The Bertz CT molecular complexity index is 629. The van der Waals surface area contributed by atoms with Crippen LogP contribution in [0.2, 0.25) is 0 Å². The van der Waals surface area contributed by atoms with Crippen LogP contribution in [0, 0.1) is 0 Å². The van der Waals surface area contributed by atoms with Gasteiger partial charge in [-0.1, -0.05) is 37.3 Å². The van der Waals surface area contributed by atoms with Gasteiger partial charge in [0.1, 0.15) is 5.82 Å². The van der Waals surface area contributed by atoms with Crippen LogP contribution in [0.5, 0.6) is 0 Å². The molecule has 0 atom stereocenters. The molecule has 2 heterocycles. The first-order valence-electron chi connectivity index (χ1n) is 8.34. The average molecular weight is 312 g/mol. The molecule has 0 radical (unpaired) electrons. The third-order valence-electron chi connectivity index (χ3n) is 4.49. The number of imidazole rings is 1. The lowest BCUT2D eigenvalue weighted by molar-refractivity contribution is -0.133. The van der Waals surface area contributed by atoms with Gasteiger partial charge in [0.05, 0.1) is 0 Å². The third-order valence-corrected chi connectivity index (χ3v) is 4.49. The number of carbonyl (C=O) groups is 1. The SMILES string of the molecule is CCN1CCN(C(=O)CCn2ccnc2-c2ccccc2)CC1. The van der Waals surface area contributed by atoms with E-state index in [2.05, 4.69) is 21.4 Å². The van der Waals surface area contributed by atoms with Crippen LogP contribution in [0.1, 0.15) is 13.3 Å². The van der Waals surface area contributed by atoms with Gasteiger partial charge in [0.25, 0.3) is 0 Å². The van der Waals surface area contributed by atoms with Crippen LogP contribution < -0.4 is 0 Å². The first-order chi connectivity index (χ1) is 11.3. The molecule has 0 unspecified atom stereocenters. The Hall–Kier alpha value is -2.14. The molecule has 0 N–H and O–H groups in total. The Labute approximate surface area is 137 Å². The molecule has 122 valence electrons. The molecule has 5 nitrogen and oxygen atoms in total. The highest BCUT2D eigenvalue weighted by Gasteiger charge is 2.20. The summed E-state index contributed by atoms with van der Waals surface area (Å²) in [6.45, 7) is 7.59.